The number of anilines is 1. The predicted octanol–water partition coefficient (Wildman–Crippen LogP) is 1.03. The number of hydrogen-bond donors (Lipinski definition) is 1. The first kappa shape index (κ1) is 8.97. The molecule has 0 bridgehead atoms. The number of fused-ring (bicyclic) bond motifs is 1. The van der Waals surface area contributed by atoms with Gasteiger partial charge in [-0.05, 0) is 19.3 Å². The molecule has 13 heavy (non-hydrogen) atoms. The van der Waals surface area contributed by atoms with Crippen molar-refractivity contribution in [1.29, 1.82) is 0 Å². The van der Waals surface area contributed by atoms with E-state index in [9.17, 15) is 0 Å². The second-order valence-electron chi connectivity index (χ2n) is 3.43. The van der Waals surface area contributed by atoms with Crippen molar-refractivity contribution in [3.05, 3.63) is 10.6 Å². The Kier molecular flexibility index (Phi) is 2.51. The van der Waals surface area contributed by atoms with E-state index in [1.165, 1.54) is 29.8 Å². The SMILES string of the molecule is CN(CCN)c1nc2c(s1)CCC2. The van der Waals surface area contributed by atoms with Crippen LogP contribution >= 0.6 is 11.3 Å². The van der Waals surface area contributed by atoms with Crippen LogP contribution in [-0.2, 0) is 12.8 Å². The lowest BCUT2D eigenvalue weighted by molar-refractivity contribution is 0.863. The van der Waals surface area contributed by atoms with Gasteiger partial charge in [0.05, 0.1) is 5.69 Å². The summed E-state index contributed by atoms with van der Waals surface area (Å²) in [6, 6.07) is 0. The van der Waals surface area contributed by atoms with Crippen molar-refractivity contribution in [1.82, 2.24) is 4.98 Å². The van der Waals surface area contributed by atoms with E-state index in [2.05, 4.69) is 16.9 Å². The summed E-state index contributed by atoms with van der Waals surface area (Å²) in [7, 11) is 2.06. The summed E-state index contributed by atoms with van der Waals surface area (Å²) in [6.07, 6.45) is 3.68. The van der Waals surface area contributed by atoms with Gasteiger partial charge in [-0.3, -0.25) is 0 Å². The number of aryl methyl sites for hydroxylation is 2. The molecule has 0 spiro atoms. The molecule has 1 aromatic heterocycles. The van der Waals surface area contributed by atoms with Gasteiger partial charge in [-0.2, -0.15) is 0 Å². The molecule has 1 aromatic rings. The van der Waals surface area contributed by atoms with Crippen LogP contribution in [0.1, 0.15) is 17.0 Å². The lowest BCUT2D eigenvalue weighted by Gasteiger charge is -2.13. The van der Waals surface area contributed by atoms with Crippen LogP contribution in [0.3, 0.4) is 0 Å². The fourth-order valence-corrected chi connectivity index (χ4v) is 2.76. The second-order valence-corrected chi connectivity index (χ2v) is 4.49. The largest absolute Gasteiger partial charge is 0.350 e. The summed E-state index contributed by atoms with van der Waals surface area (Å²) < 4.78 is 0. The zero-order valence-electron chi connectivity index (χ0n) is 7.92. The monoisotopic (exact) mass is 197 g/mol. The molecule has 0 radical (unpaired) electrons. The van der Waals surface area contributed by atoms with Gasteiger partial charge >= 0.3 is 0 Å². The zero-order valence-corrected chi connectivity index (χ0v) is 8.73. The summed E-state index contributed by atoms with van der Waals surface area (Å²) in [5.41, 5.74) is 6.82. The van der Waals surface area contributed by atoms with Crippen molar-refractivity contribution in [2.75, 3.05) is 25.0 Å². The third kappa shape index (κ3) is 1.69. The molecule has 2 rings (SSSR count). The van der Waals surface area contributed by atoms with Crippen molar-refractivity contribution in [3.8, 4) is 0 Å². The van der Waals surface area contributed by atoms with Crippen LogP contribution in [0, 0.1) is 0 Å². The van der Waals surface area contributed by atoms with Crippen LogP contribution in [0.25, 0.3) is 0 Å². The van der Waals surface area contributed by atoms with Gasteiger partial charge in [0.2, 0.25) is 0 Å². The third-order valence-corrected chi connectivity index (χ3v) is 3.65. The van der Waals surface area contributed by atoms with Crippen molar-refractivity contribution in [2.24, 2.45) is 5.73 Å². The number of nitrogens with zero attached hydrogens (tertiary/aromatic N) is 2. The number of likely N-dealkylation sites (N-methyl/N-ethyl adjacent to an activating group) is 1. The molecule has 3 nitrogen and oxygen atoms in total. The molecular weight excluding hydrogens is 182 g/mol. The van der Waals surface area contributed by atoms with Gasteiger partial charge in [-0.15, -0.1) is 11.3 Å². The number of aromatic nitrogens is 1. The predicted molar refractivity (Wildman–Crippen MR) is 56.5 cm³/mol. The Balaban J connectivity index is 2.13. The zero-order chi connectivity index (χ0) is 9.26. The maximum absolute atomic E-state index is 5.49. The van der Waals surface area contributed by atoms with Crippen LogP contribution in [0.4, 0.5) is 5.13 Å². The summed E-state index contributed by atoms with van der Waals surface area (Å²) in [6.45, 7) is 1.59. The van der Waals surface area contributed by atoms with E-state index in [0.717, 1.165) is 11.7 Å². The van der Waals surface area contributed by atoms with Crippen LogP contribution in [0.2, 0.25) is 0 Å². The van der Waals surface area contributed by atoms with Crippen molar-refractivity contribution < 1.29 is 0 Å². The van der Waals surface area contributed by atoms with Gasteiger partial charge in [0.25, 0.3) is 0 Å². The van der Waals surface area contributed by atoms with E-state index in [1.807, 2.05) is 11.3 Å². The third-order valence-electron chi connectivity index (χ3n) is 2.38. The molecule has 0 amide bonds. The summed E-state index contributed by atoms with van der Waals surface area (Å²) in [5.74, 6) is 0. The first-order chi connectivity index (χ1) is 6.31. The standard InChI is InChI=1S/C9H15N3S/c1-12(6-5-10)9-11-7-3-2-4-8(7)13-9/h2-6,10H2,1H3. The highest BCUT2D eigenvalue weighted by molar-refractivity contribution is 7.15. The summed E-state index contributed by atoms with van der Waals surface area (Å²) >= 11 is 1.83. The summed E-state index contributed by atoms with van der Waals surface area (Å²) in [4.78, 5) is 8.23. The molecule has 4 heteroatoms. The average Bonchev–Trinajstić information content (AvgIpc) is 2.61. The van der Waals surface area contributed by atoms with E-state index in [4.69, 9.17) is 5.73 Å². The molecule has 0 aromatic carbocycles. The molecule has 0 aliphatic heterocycles. The quantitative estimate of drug-likeness (QED) is 0.787. The molecule has 0 fully saturated rings. The maximum Gasteiger partial charge on any atom is 0.185 e. The van der Waals surface area contributed by atoms with Crippen molar-refractivity contribution in [3.63, 3.8) is 0 Å². The van der Waals surface area contributed by atoms with Gasteiger partial charge < -0.3 is 10.6 Å². The number of nitrogens with two attached hydrogens (primary N) is 1. The molecule has 0 saturated heterocycles. The van der Waals surface area contributed by atoms with Crippen LogP contribution in [0.5, 0.6) is 0 Å². The number of rotatable bonds is 3. The topological polar surface area (TPSA) is 42.1 Å². The van der Waals surface area contributed by atoms with Gasteiger partial charge in [-0.25, -0.2) is 4.98 Å². The Labute approximate surface area is 82.6 Å². The lowest BCUT2D eigenvalue weighted by Crippen LogP contribution is -2.24. The first-order valence-corrected chi connectivity index (χ1v) is 5.52. The van der Waals surface area contributed by atoms with E-state index in [0.29, 0.717) is 6.54 Å². The Bertz CT molecular complexity index is 274. The maximum atomic E-state index is 5.49. The van der Waals surface area contributed by atoms with Gasteiger partial charge in [0.15, 0.2) is 5.13 Å². The minimum Gasteiger partial charge on any atom is -0.350 e. The molecule has 0 unspecified atom stereocenters. The normalized spacial score (nSPS) is 14.6. The van der Waals surface area contributed by atoms with E-state index >= 15 is 0 Å². The molecule has 0 saturated carbocycles. The van der Waals surface area contributed by atoms with Gasteiger partial charge in [0.1, 0.15) is 0 Å². The molecule has 72 valence electrons. The second kappa shape index (κ2) is 3.64. The molecular formula is C9H15N3S. The summed E-state index contributed by atoms with van der Waals surface area (Å²) in [5, 5.41) is 1.13. The van der Waals surface area contributed by atoms with Crippen molar-refractivity contribution in [2.45, 2.75) is 19.3 Å². The fourth-order valence-electron chi connectivity index (χ4n) is 1.63. The van der Waals surface area contributed by atoms with Gasteiger partial charge in [0, 0.05) is 25.0 Å². The first-order valence-electron chi connectivity index (χ1n) is 4.71. The molecule has 1 heterocycles. The smallest absolute Gasteiger partial charge is 0.185 e. The van der Waals surface area contributed by atoms with Crippen LogP contribution in [-0.4, -0.2) is 25.1 Å². The van der Waals surface area contributed by atoms with Crippen molar-refractivity contribution >= 4 is 16.5 Å². The van der Waals surface area contributed by atoms with E-state index in [1.54, 1.807) is 0 Å². The number of hydrogen-bond acceptors (Lipinski definition) is 4. The minimum absolute atomic E-state index is 0.695. The van der Waals surface area contributed by atoms with E-state index in [-0.39, 0.29) is 0 Å². The minimum atomic E-state index is 0.695. The Hall–Kier alpha value is -0.610. The van der Waals surface area contributed by atoms with Gasteiger partial charge in [-0.1, -0.05) is 0 Å². The van der Waals surface area contributed by atoms with Crippen LogP contribution < -0.4 is 10.6 Å². The molecule has 1 aliphatic carbocycles. The van der Waals surface area contributed by atoms with E-state index < -0.39 is 0 Å². The molecule has 1 aliphatic rings. The Morgan fingerprint density at radius 1 is 1.54 bits per heavy atom. The Morgan fingerprint density at radius 3 is 3.08 bits per heavy atom. The highest BCUT2D eigenvalue weighted by Gasteiger charge is 2.17. The Morgan fingerprint density at radius 2 is 2.38 bits per heavy atom. The number of thiazole rings is 1. The molecule has 2 N–H and O–H groups in total. The lowest BCUT2D eigenvalue weighted by atomic mass is 10.4. The average molecular weight is 197 g/mol. The fraction of sp³-hybridized carbons (Fsp3) is 0.667. The van der Waals surface area contributed by atoms with Crippen LogP contribution in [0.15, 0.2) is 0 Å². The highest BCUT2D eigenvalue weighted by Crippen LogP contribution is 2.31. The highest BCUT2D eigenvalue weighted by atomic mass is 32.1. The molecule has 0 atom stereocenters.